The quantitative estimate of drug-likeness (QED) is 0.340. The second-order valence-corrected chi connectivity index (χ2v) is 6.07. The van der Waals surface area contributed by atoms with Crippen molar-refractivity contribution >= 4 is 48.1 Å². The van der Waals surface area contributed by atoms with Crippen molar-refractivity contribution in [2.24, 2.45) is 0 Å². The molecule has 0 aliphatic carbocycles. The minimum atomic E-state index is -1.26. The lowest BCUT2D eigenvalue weighted by Gasteiger charge is -2.49. The van der Waals surface area contributed by atoms with Crippen LogP contribution in [0, 0.1) is 0 Å². The van der Waals surface area contributed by atoms with Crippen molar-refractivity contribution in [3.05, 3.63) is 11.3 Å². The molecule has 0 saturated carbocycles. The summed E-state index contributed by atoms with van der Waals surface area (Å²) in [7, 11) is 0. The Morgan fingerprint density at radius 1 is 1.50 bits per heavy atom. The zero-order chi connectivity index (χ0) is 16.4. The molecule has 10 heteroatoms. The molecule has 0 aromatic carbocycles. The largest absolute Gasteiger partial charge is 0.477 e. The highest BCUT2D eigenvalue weighted by Gasteiger charge is 2.54. The third-order valence-electron chi connectivity index (χ3n) is 3.16. The average molecular weight is 346 g/mol. The van der Waals surface area contributed by atoms with E-state index in [-0.39, 0.29) is 18.1 Å². The van der Waals surface area contributed by atoms with E-state index in [0.717, 1.165) is 4.90 Å². The summed E-state index contributed by atoms with van der Waals surface area (Å²) in [5, 5.41) is 11.4. The van der Waals surface area contributed by atoms with Crippen LogP contribution < -0.4 is 5.32 Å². The van der Waals surface area contributed by atoms with Crippen molar-refractivity contribution in [3.8, 4) is 0 Å². The molecule has 1 saturated heterocycles. The maximum atomic E-state index is 12.1. The Morgan fingerprint density at radius 2 is 2.18 bits per heavy atom. The molecule has 0 aromatic heterocycles. The van der Waals surface area contributed by atoms with Crippen LogP contribution in [0.5, 0.6) is 0 Å². The van der Waals surface area contributed by atoms with E-state index in [2.05, 4.69) is 17.9 Å². The van der Waals surface area contributed by atoms with E-state index in [4.69, 9.17) is 4.74 Å². The van der Waals surface area contributed by atoms with Gasteiger partial charge >= 0.3 is 11.9 Å². The number of hydrogen-bond acceptors (Lipinski definition) is 7. The monoisotopic (exact) mass is 346 g/mol. The van der Waals surface area contributed by atoms with Crippen molar-refractivity contribution in [2.75, 3.05) is 18.1 Å². The van der Waals surface area contributed by atoms with Gasteiger partial charge in [-0.15, -0.1) is 11.8 Å². The number of thioether (sulfide) groups is 1. The molecule has 2 aliphatic rings. The van der Waals surface area contributed by atoms with E-state index in [1.54, 1.807) is 0 Å². The number of carbonyl (C=O) groups excluding carboxylic acids is 3. The second kappa shape index (κ2) is 6.61. The minimum Gasteiger partial charge on any atom is -0.477 e. The van der Waals surface area contributed by atoms with Gasteiger partial charge in [0.2, 0.25) is 5.91 Å². The van der Waals surface area contributed by atoms with Crippen molar-refractivity contribution in [1.82, 2.24) is 10.2 Å². The van der Waals surface area contributed by atoms with Gasteiger partial charge in [-0.25, -0.2) is 4.79 Å². The van der Waals surface area contributed by atoms with Crippen molar-refractivity contribution < 1.29 is 29.0 Å². The molecular weight excluding hydrogens is 332 g/mol. The average Bonchev–Trinajstić information content (AvgIpc) is 2.48. The fraction of sp³-hybridized carbons (Fsp3) is 0.500. The van der Waals surface area contributed by atoms with E-state index in [0.29, 0.717) is 11.3 Å². The number of esters is 1. The summed E-state index contributed by atoms with van der Waals surface area (Å²) in [6.45, 7) is 1.05. The third kappa shape index (κ3) is 3.07. The highest BCUT2D eigenvalue weighted by atomic mass is 32.2. The number of carboxylic acid groups (broad SMARTS) is 1. The predicted octanol–water partition coefficient (Wildman–Crippen LogP) is -0.782. The van der Waals surface area contributed by atoms with E-state index >= 15 is 0 Å². The smallest absolute Gasteiger partial charge is 0.352 e. The Labute approximate surface area is 135 Å². The lowest BCUT2D eigenvalue weighted by molar-refractivity contribution is -0.150. The number of rotatable bonds is 5. The van der Waals surface area contributed by atoms with Crippen LogP contribution in [-0.4, -0.2) is 63.3 Å². The number of β-lactam (4-membered cyclic amide) rings is 1. The number of hydrogen-bond donors (Lipinski definition) is 3. The Hall–Kier alpha value is -1.68. The molecule has 0 bridgehead atoms. The first-order valence-electron chi connectivity index (χ1n) is 6.30. The van der Waals surface area contributed by atoms with Gasteiger partial charge in [0, 0.05) is 18.2 Å². The molecule has 1 fully saturated rings. The van der Waals surface area contributed by atoms with Crippen molar-refractivity contribution in [2.45, 2.75) is 18.3 Å². The number of amides is 2. The van der Waals surface area contributed by atoms with Gasteiger partial charge in [0.05, 0.1) is 5.75 Å². The number of ether oxygens (including phenoxy) is 1. The van der Waals surface area contributed by atoms with Crippen molar-refractivity contribution in [1.29, 1.82) is 0 Å². The van der Waals surface area contributed by atoms with Crippen LogP contribution in [0.1, 0.15) is 6.92 Å². The van der Waals surface area contributed by atoms with Gasteiger partial charge in [0.25, 0.3) is 5.91 Å². The summed E-state index contributed by atoms with van der Waals surface area (Å²) in [6.07, 6.45) is 0. The van der Waals surface area contributed by atoms with Crippen LogP contribution in [0.2, 0.25) is 0 Å². The molecule has 8 nitrogen and oxygen atoms in total. The lowest BCUT2D eigenvalue weighted by Crippen LogP contribution is -2.70. The Balaban J connectivity index is 2.19. The fourth-order valence-electron chi connectivity index (χ4n) is 2.20. The number of nitrogens with one attached hydrogen (secondary N) is 1. The summed E-state index contributed by atoms with van der Waals surface area (Å²) in [6, 6.07) is -0.755. The summed E-state index contributed by atoms with van der Waals surface area (Å²) < 4.78 is 4.82. The summed E-state index contributed by atoms with van der Waals surface area (Å²) in [4.78, 5) is 46.9. The first-order valence-corrected chi connectivity index (χ1v) is 7.98. The highest BCUT2D eigenvalue weighted by molar-refractivity contribution is 8.00. The molecule has 2 aliphatic heterocycles. The van der Waals surface area contributed by atoms with Crippen LogP contribution in [-0.2, 0) is 23.9 Å². The molecule has 22 heavy (non-hydrogen) atoms. The molecule has 2 rings (SSSR count). The predicted molar refractivity (Wildman–Crippen MR) is 80.2 cm³/mol. The molecule has 2 N–H and O–H groups in total. The number of fused-ring (bicyclic) bond motifs is 1. The van der Waals surface area contributed by atoms with Crippen molar-refractivity contribution in [3.63, 3.8) is 0 Å². The minimum absolute atomic E-state index is 0.0551. The zero-order valence-corrected chi connectivity index (χ0v) is 13.3. The fourth-order valence-corrected chi connectivity index (χ4v) is 3.62. The van der Waals surface area contributed by atoms with Gasteiger partial charge in [0.15, 0.2) is 0 Å². The van der Waals surface area contributed by atoms with Gasteiger partial charge in [0.1, 0.15) is 23.7 Å². The summed E-state index contributed by atoms with van der Waals surface area (Å²) in [5.74, 6) is -2.44. The Kier molecular flexibility index (Phi) is 5.01. The molecule has 2 heterocycles. The van der Waals surface area contributed by atoms with Crippen LogP contribution >= 0.6 is 24.4 Å². The maximum absolute atomic E-state index is 12.1. The van der Waals surface area contributed by atoms with Gasteiger partial charge in [-0.05, 0) is 0 Å². The number of carbonyl (C=O) groups is 4. The van der Waals surface area contributed by atoms with Crippen LogP contribution in [0.25, 0.3) is 0 Å². The molecule has 0 radical (unpaired) electrons. The number of aliphatic carboxylic acids is 1. The van der Waals surface area contributed by atoms with Gasteiger partial charge in [-0.3, -0.25) is 19.3 Å². The molecule has 2 amide bonds. The molecule has 0 spiro atoms. The van der Waals surface area contributed by atoms with Crippen LogP contribution in [0.4, 0.5) is 0 Å². The van der Waals surface area contributed by atoms with Crippen LogP contribution in [0.3, 0.4) is 0 Å². The van der Waals surface area contributed by atoms with E-state index in [9.17, 15) is 24.3 Å². The van der Waals surface area contributed by atoms with Crippen LogP contribution in [0.15, 0.2) is 11.3 Å². The molecule has 0 unspecified atom stereocenters. The SMILES string of the molecule is CC(=O)OCC1=C(C(=O)O)N2C(=O)[C@@H](NC(=O)CS)[C@H]2SC1. The zero-order valence-electron chi connectivity index (χ0n) is 11.6. The number of carboxylic acids is 1. The first kappa shape index (κ1) is 16.7. The van der Waals surface area contributed by atoms with E-state index < -0.39 is 35.2 Å². The second-order valence-electron chi connectivity index (χ2n) is 4.65. The van der Waals surface area contributed by atoms with E-state index in [1.165, 1.54) is 18.7 Å². The number of nitrogens with zero attached hydrogens (tertiary/aromatic N) is 1. The van der Waals surface area contributed by atoms with Gasteiger partial charge < -0.3 is 15.2 Å². The first-order chi connectivity index (χ1) is 10.4. The van der Waals surface area contributed by atoms with Gasteiger partial charge in [-0.2, -0.15) is 12.6 Å². The molecular formula is C12H14N2O6S2. The highest BCUT2D eigenvalue weighted by Crippen LogP contribution is 2.40. The third-order valence-corrected chi connectivity index (χ3v) is 4.79. The number of thiol groups is 1. The Bertz CT molecular complexity index is 576. The topological polar surface area (TPSA) is 113 Å². The normalized spacial score (nSPS) is 23.5. The standard InChI is InChI=1S/C12H14N2O6S2/c1-5(15)20-2-6-4-22-11-8(13-7(16)3-21)10(17)14(11)9(6)12(18)19/h8,11,21H,2-4H2,1H3,(H,13,16)(H,18,19)/t8-,11-/m1/s1. The Morgan fingerprint density at radius 3 is 2.73 bits per heavy atom. The van der Waals surface area contributed by atoms with E-state index in [1.807, 2.05) is 0 Å². The van der Waals surface area contributed by atoms with Gasteiger partial charge in [-0.1, -0.05) is 0 Å². The lowest BCUT2D eigenvalue weighted by atomic mass is 10.0. The maximum Gasteiger partial charge on any atom is 0.352 e. The molecule has 120 valence electrons. The summed E-state index contributed by atoms with van der Waals surface area (Å²) >= 11 is 5.13. The summed E-state index contributed by atoms with van der Waals surface area (Å²) in [5.41, 5.74) is 0.183. The molecule has 0 aromatic rings. The molecule has 2 atom stereocenters.